The number of rotatable bonds is 6. The number of carbonyl (C=O) groups excluding carboxylic acids is 1. The molecular formula is C24H33N3O3S. The van der Waals surface area contributed by atoms with Crippen LogP contribution in [0, 0.1) is 25.7 Å². The van der Waals surface area contributed by atoms with Crippen LogP contribution in [0.3, 0.4) is 0 Å². The van der Waals surface area contributed by atoms with Crippen LogP contribution in [0.25, 0.3) is 5.69 Å². The average molecular weight is 444 g/mol. The molecule has 0 bridgehead atoms. The zero-order chi connectivity index (χ0) is 22.2. The lowest BCUT2D eigenvalue weighted by Gasteiger charge is -2.28. The Morgan fingerprint density at radius 1 is 1.16 bits per heavy atom. The number of carbonyl (C=O) groups is 1. The smallest absolute Gasteiger partial charge is 0.228 e. The third kappa shape index (κ3) is 4.71. The minimum Gasteiger partial charge on any atom is -0.310 e. The van der Waals surface area contributed by atoms with Gasteiger partial charge in [-0.1, -0.05) is 43.9 Å². The van der Waals surface area contributed by atoms with Crippen LogP contribution >= 0.6 is 0 Å². The first-order chi connectivity index (χ1) is 14.8. The minimum atomic E-state index is -3.20. The van der Waals surface area contributed by atoms with E-state index in [9.17, 15) is 13.2 Å². The third-order valence-corrected chi connectivity index (χ3v) is 8.23. The first-order valence-corrected chi connectivity index (χ1v) is 13.3. The van der Waals surface area contributed by atoms with Gasteiger partial charge in [0.1, 0.15) is 5.82 Å². The zero-order valence-corrected chi connectivity index (χ0v) is 19.6. The molecule has 1 amide bonds. The highest BCUT2D eigenvalue weighted by Gasteiger charge is 2.35. The molecule has 2 heterocycles. The van der Waals surface area contributed by atoms with Crippen LogP contribution in [0.4, 0.5) is 5.82 Å². The number of anilines is 1. The van der Waals surface area contributed by atoms with Gasteiger partial charge < -0.3 is 5.32 Å². The Balaban J connectivity index is 1.58. The van der Waals surface area contributed by atoms with Crippen molar-refractivity contribution in [2.45, 2.75) is 77.2 Å². The van der Waals surface area contributed by atoms with Crippen molar-refractivity contribution in [1.82, 2.24) is 9.78 Å². The van der Waals surface area contributed by atoms with Crippen LogP contribution < -0.4 is 5.32 Å². The Bertz CT molecular complexity index is 1080. The molecule has 1 saturated carbocycles. The van der Waals surface area contributed by atoms with E-state index >= 15 is 0 Å². The highest BCUT2D eigenvalue weighted by Crippen LogP contribution is 2.36. The molecule has 2 aliphatic rings. The van der Waals surface area contributed by atoms with Crippen molar-refractivity contribution in [2.75, 3.05) is 5.32 Å². The first-order valence-electron chi connectivity index (χ1n) is 11.5. The summed E-state index contributed by atoms with van der Waals surface area (Å²) in [5.74, 6) is 1.11. The lowest BCUT2D eigenvalue weighted by atomic mass is 9.79. The number of benzene rings is 1. The van der Waals surface area contributed by atoms with Gasteiger partial charge in [-0.05, 0) is 57.1 Å². The maximum absolute atomic E-state index is 13.2. The standard InChI is InChI=1S/C24H33N3O3S/c1-4-5-6-18-8-10-19(11-9-18)24(28)25-23-20-14-31(29,30)15-21(20)26-27(23)22-12-7-16(2)13-17(22)3/h7,12-13,18-19H,4-6,8-11,14-15H2,1-3H3,(H,25,28). The monoisotopic (exact) mass is 443 g/mol. The van der Waals surface area contributed by atoms with Crippen LogP contribution in [0.2, 0.25) is 0 Å². The number of nitrogens with zero attached hydrogens (tertiary/aromatic N) is 2. The molecule has 1 aliphatic carbocycles. The molecular weight excluding hydrogens is 410 g/mol. The Labute approximate surface area is 185 Å². The van der Waals surface area contributed by atoms with E-state index in [1.165, 1.54) is 19.3 Å². The maximum atomic E-state index is 13.2. The molecule has 0 saturated heterocycles. The molecule has 1 aliphatic heterocycles. The molecule has 0 spiro atoms. The van der Waals surface area contributed by atoms with Gasteiger partial charge >= 0.3 is 0 Å². The molecule has 168 valence electrons. The van der Waals surface area contributed by atoms with Gasteiger partial charge in [-0.3, -0.25) is 4.79 Å². The lowest BCUT2D eigenvalue weighted by Crippen LogP contribution is -2.28. The van der Waals surface area contributed by atoms with Crippen molar-refractivity contribution < 1.29 is 13.2 Å². The number of fused-ring (bicyclic) bond motifs is 1. The number of aromatic nitrogens is 2. The summed E-state index contributed by atoms with van der Waals surface area (Å²) in [7, 11) is -3.20. The summed E-state index contributed by atoms with van der Waals surface area (Å²) in [5, 5.41) is 7.71. The van der Waals surface area contributed by atoms with Gasteiger partial charge in [0, 0.05) is 11.5 Å². The van der Waals surface area contributed by atoms with Gasteiger partial charge in [0.2, 0.25) is 5.91 Å². The molecule has 31 heavy (non-hydrogen) atoms. The summed E-state index contributed by atoms with van der Waals surface area (Å²) in [4.78, 5) is 13.2. The van der Waals surface area contributed by atoms with Crippen molar-refractivity contribution >= 4 is 21.6 Å². The predicted molar refractivity (Wildman–Crippen MR) is 123 cm³/mol. The first kappa shape index (κ1) is 22.1. The summed E-state index contributed by atoms with van der Waals surface area (Å²) < 4.78 is 26.2. The van der Waals surface area contributed by atoms with Gasteiger partial charge in [0.15, 0.2) is 9.84 Å². The molecule has 0 atom stereocenters. The Morgan fingerprint density at radius 2 is 1.90 bits per heavy atom. The molecule has 1 fully saturated rings. The molecule has 1 aromatic carbocycles. The second-order valence-electron chi connectivity index (χ2n) is 9.36. The van der Waals surface area contributed by atoms with Crippen molar-refractivity contribution in [3.63, 3.8) is 0 Å². The maximum Gasteiger partial charge on any atom is 0.228 e. The van der Waals surface area contributed by atoms with E-state index in [2.05, 4.69) is 23.4 Å². The van der Waals surface area contributed by atoms with Crippen LogP contribution in [-0.2, 0) is 26.1 Å². The predicted octanol–water partition coefficient (Wildman–Crippen LogP) is 4.85. The number of hydrogen-bond acceptors (Lipinski definition) is 4. The fourth-order valence-corrected chi connectivity index (χ4v) is 6.51. The quantitative estimate of drug-likeness (QED) is 0.692. The lowest BCUT2D eigenvalue weighted by molar-refractivity contribution is -0.121. The molecule has 2 aromatic rings. The Kier molecular flexibility index (Phi) is 6.24. The van der Waals surface area contributed by atoms with Crippen LogP contribution in [0.1, 0.15) is 74.3 Å². The number of hydrogen-bond donors (Lipinski definition) is 1. The van der Waals surface area contributed by atoms with E-state index < -0.39 is 9.84 Å². The van der Waals surface area contributed by atoms with E-state index in [0.29, 0.717) is 17.1 Å². The molecule has 7 heteroatoms. The van der Waals surface area contributed by atoms with Crippen LogP contribution in [0.5, 0.6) is 0 Å². The van der Waals surface area contributed by atoms with E-state index in [1.54, 1.807) is 4.68 Å². The van der Waals surface area contributed by atoms with Gasteiger partial charge in [-0.15, -0.1) is 0 Å². The van der Waals surface area contributed by atoms with E-state index in [0.717, 1.165) is 48.4 Å². The molecule has 0 radical (unpaired) electrons. The fraction of sp³-hybridized carbons (Fsp3) is 0.583. The normalized spacial score (nSPS) is 22.3. The van der Waals surface area contributed by atoms with Gasteiger partial charge in [0.25, 0.3) is 0 Å². The Hall–Kier alpha value is -2.15. The topological polar surface area (TPSA) is 81.1 Å². The van der Waals surface area contributed by atoms with Gasteiger partial charge in [-0.25, -0.2) is 13.1 Å². The minimum absolute atomic E-state index is 0.00745. The molecule has 6 nitrogen and oxygen atoms in total. The number of amides is 1. The summed E-state index contributed by atoms with van der Waals surface area (Å²) >= 11 is 0. The second-order valence-corrected chi connectivity index (χ2v) is 11.4. The van der Waals surface area contributed by atoms with Crippen LogP contribution in [-0.4, -0.2) is 24.1 Å². The number of unbranched alkanes of at least 4 members (excludes halogenated alkanes) is 1. The number of nitrogens with one attached hydrogen (secondary N) is 1. The molecule has 1 aromatic heterocycles. The average Bonchev–Trinajstić information content (AvgIpc) is 3.19. The fourth-order valence-electron chi connectivity index (χ4n) is 5.01. The summed E-state index contributed by atoms with van der Waals surface area (Å²) in [6, 6.07) is 6.06. The van der Waals surface area contributed by atoms with E-state index in [1.807, 2.05) is 26.0 Å². The van der Waals surface area contributed by atoms with Gasteiger partial charge in [0.05, 0.1) is 22.9 Å². The SMILES string of the molecule is CCCCC1CCC(C(=O)Nc2c3c(nn2-c2ccc(C)cc2C)CS(=O)(=O)C3)CC1. The third-order valence-electron chi connectivity index (χ3n) is 6.79. The largest absolute Gasteiger partial charge is 0.310 e. The Morgan fingerprint density at radius 3 is 2.58 bits per heavy atom. The second kappa shape index (κ2) is 8.77. The van der Waals surface area contributed by atoms with E-state index in [-0.39, 0.29) is 23.3 Å². The van der Waals surface area contributed by atoms with Crippen molar-refractivity contribution in [2.24, 2.45) is 11.8 Å². The molecule has 0 unspecified atom stereocenters. The zero-order valence-electron chi connectivity index (χ0n) is 18.8. The highest BCUT2D eigenvalue weighted by molar-refractivity contribution is 7.90. The van der Waals surface area contributed by atoms with Crippen molar-refractivity contribution in [1.29, 1.82) is 0 Å². The van der Waals surface area contributed by atoms with Crippen molar-refractivity contribution in [3.05, 3.63) is 40.6 Å². The number of aryl methyl sites for hydroxylation is 2. The molecule has 1 N–H and O–H groups in total. The highest BCUT2D eigenvalue weighted by atomic mass is 32.2. The van der Waals surface area contributed by atoms with Crippen LogP contribution in [0.15, 0.2) is 18.2 Å². The summed E-state index contributed by atoms with van der Waals surface area (Å²) in [6.45, 7) is 6.26. The molecule has 4 rings (SSSR count). The summed E-state index contributed by atoms with van der Waals surface area (Å²) in [6.07, 6.45) is 7.74. The van der Waals surface area contributed by atoms with Gasteiger partial charge in [-0.2, -0.15) is 5.10 Å². The summed E-state index contributed by atoms with van der Waals surface area (Å²) in [5.41, 5.74) is 4.25. The van der Waals surface area contributed by atoms with E-state index in [4.69, 9.17) is 0 Å². The number of sulfone groups is 1. The van der Waals surface area contributed by atoms with Crippen molar-refractivity contribution in [3.8, 4) is 5.69 Å².